The van der Waals surface area contributed by atoms with E-state index in [1.54, 1.807) is 18.7 Å². The third kappa shape index (κ3) is 3.65. The number of aromatic nitrogens is 1. The third-order valence-corrected chi connectivity index (χ3v) is 4.92. The van der Waals surface area contributed by atoms with E-state index in [0.29, 0.717) is 40.5 Å². The highest BCUT2D eigenvalue weighted by molar-refractivity contribution is 7.11. The van der Waals surface area contributed by atoms with E-state index >= 15 is 0 Å². The van der Waals surface area contributed by atoms with E-state index in [1.807, 2.05) is 13.0 Å². The Labute approximate surface area is 150 Å². The van der Waals surface area contributed by atoms with Gasteiger partial charge in [-0.15, -0.1) is 11.3 Å². The number of hydrogen-bond donors (Lipinski definition) is 1. The number of benzene rings is 1. The number of ether oxygens (including phenoxy) is 2. The lowest BCUT2D eigenvalue weighted by Crippen LogP contribution is -2.23. The largest absolute Gasteiger partial charge is 0.493 e. The first-order valence-electron chi connectivity index (χ1n) is 7.84. The first kappa shape index (κ1) is 17.0. The number of carbonyl (C=O) groups excluding carboxylic acids is 1. The molecule has 0 radical (unpaired) electrons. The highest BCUT2D eigenvalue weighted by Gasteiger charge is 2.30. The fourth-order valence-electron chi connectivity index (χ4n) is 2.49. The van der Waals surface area contributed by atoms with E-state index in [-0.39, 0.29) is 5.91 Å². The smallest absolute Gasteiger partial charge is 0.263 e. The molecule has 5 nitrogen and oxygen atoms in total. The maximum Gasteiger partial charge on any atom is 0.263 e. The third-order valence-electron chi connectivity index (χ3n) is 3.80. The molecule has 1 aromatic carbocycles. The van der Waals surface area contributed by atoms with Crippen molar-refractivity contribution in [2.45, 2.75) is 32.2 Å². The molecule has 1 aromatic heterocycles. The van der Waals surface area contributed by atoms with Crippen LogP contribution in [0.25, 0.3) is 0 Å². The summed E-state index contributed by atoms with van der Waals surface area (Å²) in [6.45, 7) is 2.75. The summed E-state index contributed by atoms with van der Waals surface area (Å²) in [7, 11) is 1.57. The summed E-state index contributed by atoms with van der Waals surface area (Å²) in [6, 6.07) is 3.61. The highest BCUT2D eigenvalue weighted by Crippen LogP contribution is 2.41. The number of hydrogen-bond acceptors (Lipinski definition) is 5. The summed E-state index contributed by atoms with van der Waals surface area (Å²) in [6.07, 6.45) is 2.24. The predicted molar refractivity (Wildman–Crippen MR) is 94.4 cm³/mol. The van der Waals surface area contributed by atoms with E-state index in [1.165, 1.54) is 11.3 Å². The molecule has 0 saturated heterocycles. The van der Waals surface area contributed by atoms with Gasteiger partial charge in [-0.2, -0.15) is 0 Å². The van der Waals surface area contributed by atoms with Crippen LogP contribution in [-0.2, 0) is 6.54 Å². The van der Waals surface area contributed by atoms with Crippen LogP contribution in [-0.4, -0.2) is 24.6 Å². The maximum atomic E-state index is 12.4. The van der Waals surface area contributed by atoms with E-state index in [9.17, 15) is 4.79 Å². The number of rotatable bonds is 7. The van der Waals surface area contributed by atoms with Crippen LogP contribution in [0.5, 0.6) is 11.5 Å². The van der Waals surface area contributed by atoms with Crippen molar-refractivity contribution in [3.05, 3.63) is 38.8 Å². The van der Waals surface area contributed by atoms with Gasteiger partial charge in [0.25, 0.3) is 5.91 Å². The molecule has 24 heavy (non-hydrogen) atoms. The number of methoxy groups -OCH3 is 1. The minimum Gasteiger partial charge on any atom is -0.493 e. The van der Waals surface area contributed by atoms with Crippen LogP contribution in [0.2, 0.25) is 5.02 Å². The Morgan fingerprint density at radius 3 is 2.92 bits per heavy atom. The number of carbonyl (C=O) groups is 1. The topological polar surface area (TPSA) is 60.5 Å². The predicted octanol–water partition coefficient (Wildman–Crippen LogP) is 4.01. The molecular weight excluding hydrogens is 348 g/mol. The summed E-state index contributed by atoms with van der Waals surface area (Å²) in [5.74, 6) is 1.45. The van der Waals surface area contributed by atoms with Crippen molar-refractivity contribution in [1.82, 2.24) is 10.3 Å². The molecule has 7 heteroatoms. The summed E-state index contributed by atoms with van der Waals surface area (Å²) in [5, 5.41) is 3.40. The molecule has 1 aliphatic carbocycles. The number of nitrogens with zero attached hydrogens (tertiary/aromatic N) is 1. The van der Waals surface area contributed by atoms with Crippen molar-refractivity contribution < 1.29 is 14.3 Å². The second kappa shape index (κ2) is 7.40. The van der Waals surface area contributed by atoms with E-state index < -0.39 is 0 Å². The zero-order chi connectivity index (χ0) is 17.1. The number of nitrogens with one attached hydrogen (secondary N) is 1. The van der Waals surface area contributed by atoms with Crippen molar-refractivity contribution >= 4 is 28.8 Å². The lowest BCUT2D eigenvalue weighted by atomic mass is 10.2. The van der Waals surface area contributed by atoms with Gasteiger partial charge < -0.3 is 14.8 Å². The molecule has 3 rings (SSSR count). The van der Waals surface area contributed by atoms with Crippen LogP contribution in [0.3, 0.4) is 0 Å². The summed E-state index contributed by atoms with van der Waals surface area (Å²) in [4.78, 5) is 17.4. The van der Waals surface area contributed by atoms with Crippen molar-refractivity contribution in [3.8, 4) is 11.5 Å². The normalized spacial score (nSPS) is 13.6. The van der Waals surface area contributed by atoms with Crippen LogP contribution in [0, 0.1) is 0 Å². The second-order valence-corrected chi connectivity index (χ2v) is 6.83. The van der Waals surface area contributed by atoms with Gasteiger partial charge in [0.1, 0.15) is 4.88 Å². The SMILES string of the molecule is CCOc1c(Cl)cc(CNC(=O)c2scnc2C2CC2)cc1OC. The van der Waals surface area contributed by atoms with Crippen molar-refractivity contribution in [3.63, 3.8) is 0 Å². The van der Waals surface area contributed by atoms with Gasteiger partial charge in [-0.05, 0) is 37.5 Å². The Balaban J connectivity index is 1.71. The minimum atomic E-state index is -0.0941. The molecule has 0 bridgehead atoms. The number of halogens is 1. The average Bonchev–Trinajstić information content (AvgIpc) is 3.31. The van der Waals surface area contributed by atoms with E-state index in [2.05, 4.69) is 10.3 Å². The number of amides is 1. The van der Waals surface area contributed by atoms with Crippen LogP contribution in [0.4, 0.5) is 0 Å². The zero-order valence-electron chi connectivity index (χ0n) is 13.6. The Morgan fingerprint density at radius 2 is 2.25 bits per heavy atom. The Kier molecular flexibility index (Phi) is 5.26. The minimum absolute atomic E-state index is 0.0941. The quantitative estimate of drug-likeness (QED) is 0.804. The maximum absolute atomic E-state index is 12.4. The molecule has 0 aliphatic heterocycles. The van der Waals surface area contributed by atoms with E-state index in [4.69, 9.17) is 21.1 Å². The van der Waals surface area contributed by atoms with Crippen LogP contribution < -0.4 is 14.8 Å². The first-order valence-corrected chi connectivity index (χ1v) is 9.10. The molecule has 1 amide bonds. The summed E-state index contributed by atoms with van der Waals surface area (Å²) in [5.41, 5.74) is 3.52. The first-order chi connectivity index (χ1) is 11.6. The number of thiazole rings is 1. The molecule has 1 N–H and O–H groups in total. The lowest BCUT2D eigenvalue weighted by Gasteiger charge is -2.13. The molecule has 1 saturated carbocycles. The summed E-state index contributed by atoms with van der Waals surface area (Å²) < 4.78 is 10.8. The molecule has 1 heterocycles. The van der Waals surface area contributed by atoms with Gasteiger partial charge in [-0.25, -0.2) is 4.98 Å². The fraction of sp³-hybridized carbons (Fsp3) is 0.412. The zero-order valence-corrected chi connectivity index (χ0v) is 15.2. The van der Waals surface area contributed by atoms with Crippen molar-refractivity contribution in [2.75, 3.05) is 13.7 Å². The fourth-order valence-corrected chi connectivity index (χ4v) is 3.57. The lowest BCUT2D eigenvalue weighted by molar-refractivity contribution is 0.0953. The van der Waals surface area contributed by atoms with Gasteiger partial charge in [0.2, 0.25) is 0 Å². The standard InChI is InChI=1S/C17H19ClN2O3S/c1-3-23-15-12(18)6-10(7-13(15)22-2)8-19-17(21)16-14(11-4-5-11)20-9-24-16/h6-7,9,11H,3-5,8H2,1-2H3,(H,19,21). The van der Waals surface area contributed by atoms with Gasteiger partial charge in [-0.1, -0.05) is 11.6 Å². The molecule has 1 aliphatic rings. The van der Waals surface area contributed by atoms with Gasteiger partial charge in [0, 0.05) is 12.5 Å². The summed E-state index contributed by atoms with van der Waals surface area (Å²) >= 11 is 7.64. The molecule has 128 valence electrons. The average molecular weight is 367 g/mol. The molecule has 0 spiro atoms. The van der Waals surface area contributed by atoms with Gasteiger partial charge in [-0.3, -0.25) is 4.79 Å². The van der Waals surface area contributed by atoms with Gasteiger partial charge in [0.15, 0.2) is 11.5 Å². The Bertz CT molecular complexity index is 743. The highest BCUT2D eigenvalue weighted by atomic mass is 35.5. The Hall–Kier alpha value is -1.79. The molecule has 1 fully saturated rings. The van der Waals surface area contributed by atoms with Crippen molar-refractivity contribution in [1.29, 1.82) is 0 Å². The monoisotopic (exact) mass is 366 g/mol. The molecule has 0 unspecified atom stereocenters. The van der Waals surface area contributed by atoms with Crippen LogP contribution in [0.15, 0.2) is 17.6 Å². The van der Waals surface area contributed by atoms with E-state index in [0.717, 1.165) is 24.1 Å². The van der Waals surface area contributed by atoms with Crippen molar-refractivity contribution in [2.24, 2.45) is 0 Å². The molecular formula is C17H19ClN2O3S. The van der Waals surface area contributed by atoms with Gasteiger partial charge in [0.05, 0.1) is 29.9 Å². The van der Waals surface area contributed by atoms with Crippen LogP contribution >= 0.6 is 22.9 Å². The molecule has 2 aromatic rings. The second-order valence-electron chi connectivity index (χ2n) is 5.57. The Morgan fingerprint density at radius 1 is 1.46 bits per heavy atom. The molecule has 0 atom stereocenters. The van der Waals surface area contributed by atoms with Crippen LogP contribution in [0.1, 0.15) is 46.6 Å². The van der Waals surface area contributed by atoms with Gasteiger partial charge >= 0.3 is 0 Å².